The number of benzene rings is 1. The minimum atomic E-state index is -0.128. The summed E-state index contributed by atoms with van der Waals surface area (Å²) >= 11 is 0. The van der Waals surface area contributed by atoms with E-state index >= 15 is 0 Å². The topological polar surface area (TPSA) is 65.0 Å². The van der Waals surface area contributed by atoms with Gasteiger partial charge in [-0.05, 0) is 31.0 Å². The summed E-state index contributed by atoms with van der Waals surface area (Å²) in [5, 5.41) is 12.6. The van der Waals surface area contributed by atoms with Crippen LogP contribution in [0.5, 0.6) is 5.75 Å². The van der Waals surface area contributed by atoms with Crippen LogP contribution in [0.25, 0.3) is 0 Å². The molecular weight excluding hydrogens is 294 g/mol. The molecule has 0 saturated carbocycles. The molecule has 126 valence electrons. The highest BCUT2D eigenvalue weighted by molar-refractivity contribution is 5.75. The maximum absolute atomic E-state index is 12.5. The van der Waals surface area contributed by atoms with Crippen molar-refractivity contribution in [3.05, 3.63) is 29.8 Å². The normalized spacial score (nSPS) is 23.7. The number of ether oxygens (including phenoxy) is 1. The fraction of sp³-hybridized carbons (Fsp3) is 0.588. The number of amides is 2. The molecular formula is C17H25N3O3. The number of urea groups is 1. The van der Waals surface area contributed by atoms with Crippen LogP contribution in [0, 0.1) is 0 Å². The number of nitrogens with one attached hydrogen (secondary N) is 1. The van der Waals surface area contributed by atoms with Gasteiger partial charge in [0.1, 0.15) is 5.75 Å². The zero-order chi connectivity index (χ0) is 16.2. The zero-order valence-corrected chi connectivity index (χ0v) is 13.6. The number of phenols is 1. The van der Waals surface area contributed by atoms with Gasteiger partial charge in [-0.3, -0.25) is 4.90 Å². The molecule has 6 nitrogen and oxygen atoms in total. The first-order valence-corrected chi connectivity index (χ1v) is 8.29. The van der Waals surface area contributed by atoms with E-state index in [9.17, 15) is 9.90 Å². The Hall–Kier alpha value is -1.79. The Morgan fingerprint density at radius 3 is 2.87 bits per heavy atom. The van der Waals surface area contributed by atoms with E-state index in [0.29, 0.717) is 6.04 Å². The first kappa shape index (κ1) is 16.1. The molecule has 2 N–H and O–H groups in total. The SMILES string of the molecule is C[C@@H](NC(=O)N1CCC(N2CCOCC2)C1)c1cccc(O)c1. The van der Waals surface area contributed by atoms with E-state index in [0.717, 1.165) is 51.4 Å². The summed E-state index contributed by atoms with van der Waals surface area (Å²) in [4.78, 5) is 16.8. The number of phenolic OH excluding ortho intramolecular Hbond substituents is 1. The van der Waals surface area contributed by atoms with E-state index in [1.807, 2.05) is 17.9 Å². The molecule has 0 spiro atoms. The highest BCUT2D eigenvalue weighted by Gasteiger charge is 2.31. The smallest absolute Gasteiger partial charge is 0.317 e. The molecule has 2 amide bonds. The standard InChI is InChI=1S/C17H25N3O3/c1-13(14-3-2-4-16(21)11-14)18-17(22)20-6-5-15(12-20)19-7-9-23-10-8-19/h2-4,11,13,15,21H,5-10,12H2,1H3,(H,18,22)/t13-,15?/m1/s1. The predicted molar refractivity (Wildman–Crippen MR) is 87.4 cm³/mol. The summed E-state index contributed by atoms with van der Waals surface area (Å²) in [5.41, 5.74) is 0.905. The lowest BCUT2D eigenvalue weighted by molar-refractivity contribution is 0.0191. The number of hydrogen-bond acceptors (Lipinski definition) is 4. The average Bonchev–Trinajstić information content (AvgIpc) is 3.06. The monoisotopic (exact) mass is 319 g/mol. The second-order valence-electron chi connectivity index (χ2n) is 6.30. The summed E-state index contributed by atoms with van der Waals surface area (Å²) in [7, 11) is 0. The lowest BCUT2D eigenvalue weighted by atomic mass is 10.1. The molecule has 1 aromatic rings. The molecule has 3 rings (SSSR count). The lowest BCUT2D eigenvalue weighted by Gasteiger charge is -2.32. The molecule has 2 aliphatic rings. The molecule has 2 atom stereocenters. The molecule has 1 aromatic carbocycles. The minimum Gasteiger partial charge on any atom is -0.508 e. The summed E-state index contributed by atoms with van der Waals surface area (Å²) in [6.07, 6.45) is 1.02. The van der Waals surface area contributed by atoms with E-state index in [1.165, 1.54) is 0 Å². The van der Waals surface area contributed by atoms with E-state index in [-0.39, 0.29) is 17.8 Å². The van der Waals surface area contributed by atoms with Crippen molar-refractivity contribution >= 4 is 6.03 Å². The van der Waals surface area contributed by atoms with Crippen molar-refractivity contribution in [1.29, 1.82) is 0 Å². The Kier molecular flexibility index (Phi) is 5.03. The molecule has 6 heteroatoms. The van der Waals surface area contributed by atoms with Crippen molar-refractivity contribution in [2.24, 2.45) is 0 Å². The lowest BCUT2D eigenvalue weighted by Crippen LogP contribution is -2.46. The fourth-order valence-corrected chi connectivity index (χ4v) is 3.32. The zero-order valence-electron chi connectivity index (χ0n) is 13.6. The Bertz CT molecular complexity index is 546. The first-order chi connectivity index (χ1) is 11.1. The number of rotatable bonds is 3. The van der Waals surface area contributed by atoms with Crippen molar-refractivity contribution in [3.63, 3.8) is 0 Å². The number of carbonyl (C=O) groups is 1. The quantitative estimate of drug-likeness (QED) is 0.887. The van der Waals surface area contributed by atoms with E-state index in [4.69, 9.17) is 4.74 Å². The van der Waals surface area contributed by atoms with Gasteiger partial charge in [-0.2, -0.15) is 0 Å². The number of likely N-dealkylation sites (tertiary alicyclic amines) is 1. The molecule has 2 aliphatic heterocycles. The van der Waals surface area contributed by atoms with Gasteiger partial charge in [-0.1, -0.05) is 12.1 Å². The number of aromatic hydroxyl groups is 1. The van der Waals surface area contributed by atoms with Gasteiger partial charge < -0.3 is 20.1 Å². The predicted octanol–water partition coefficient (Wildman–Crippen LogP) is 1.57. The maximum atomic E-state index is 12.5. The number of nitrogens with zero attached hydrogens (tertiary/aromatic N) is 2. The second kappa shape index (κ2) is 7.19. The molecule has 2 saturated heterocycles. The van der Waals surface area contributed by atoms with Crippen LogP contribution in [0.3, 0.4) is 0 Å². The highest BCUT2D eigenvalue weighted by atomic mass is 16.5. The third-order valence-electron chi connectivity index (χ3n) is 4.72. The van der Waals surface area contributed by atoms with Gasteiger partial charge in [0.15, 0.2) is 0 Å². The van der Waals surface area contributed by atoms with Crippen LogP contribution in [0.4, 0.5) is 4.79 Å². The van der Waals surface area contributed by atoms with E-state index in [2.05, 4.69) is 10.2 Å². The van der Waals surface area contributed by atoms with Gasteiger partial charge in [-0.25, -0.2) is 4.79 Å². The van der Waals surface area contributed by atoms with Gasteiger partial charge in [-0.15, -0.1) is 0 Å². The molecule has 0 bridgehead atoms. The Balaban J connectivity index is 1.52. The van der Waals surface area contributed by atoms with Crippen LogP contribution in [0.1, 0.15) is 24.9 Å². The van der Waals surface area contributed by atoms with Crippen molar-refractivity contribution < 1.29 is 14.6 Å². The highest BCUT2D eigenvalue weighted by Crippen LogP contribution is 2.20. The Labute approximate surface area is 137 Å². The van der Waals surface area contributed by atoms with Gasteiger partial charge in [0, 0.05) is 32.2 Å². The van der Waals surface area contributed by atoms with Crippen LogP contribution in [0.15, 0.2) is 24.3 Å². The van der Waals surface area contributed by atoms with Gasteiger partial charge in [0.25, 0.3) is 0 Å². The second-order valence-corrected chi connectivity index (χ2v) is 6.30. The van der Waals surface area contributed by atoms with E-state index < -0.39 is 0 Å². The van der Waals surface area contributed by atoms with Gasteiger partial charge in [0.2, 0.25) is 0 Å². The third kappa shape index (κ3) is 3.95. The van der Waals surface area contributed by atoms with Crippen molar-refractivity contribution in [2.45, 2.75) is 25.4 Å². The number of morpholine rings is 1. The summed E-state index contributed by atoms with van der Waals surface area (Å²) < 4.78 is 5.39. The van der Waals surface area contributed by atoms with E-state index in [1.54, 1.807) is 18.2 Å². The van der Waals surface area contributed by atoms with Crippen LogP contribution in [0.2, 0.25) is 0 Å². The molecule has 23 heavy (non-hydrogen) atoms. The van der Waals surface area contributed by atoms with Crippen molar-refractivity contribution in [3.8, 4) is 5.75 Å². The molecule has 0 aromatic heterocycles. The van der Waals surface area contributed by atoms with Crippen LogP contribution in [-0.4, -0.2) is 66.4 Å². The fourth-order valence-electron chi connectivity index (χ4n) is 3.32. The van der Waals surface area contributed by atoms with Crippen molar-refractivity contribution in [1.82, 2.24) is 15.1 Å². The third-order valence-corrected chi connectivity index (χ3v) is 4.72. The summed E-state index contributed by atoms with van der Waals surface area (Å²) in [6.45, 7) is 7.00. The van der Waals surface area contributed by atoms with Crippen LogP contribution in [-0.2, 0) is 4.74 Å². The summed E-state index contributed by atoms with van der Waals surface area (Å²) in [5.74, 6) is 0.220. The van der Waals surface area contributed by atoms with Gasteiger partial charge >= 0.3 is 6.03 Å². The Morgan fingerprint density at radius 1 is 1.35 bits per heavy atom. The summed E-state index contributed by atoms with van der Waals surface area (Å²) in [6, 6.07) is 7.30. The molecule has 2 fully saturated rings. The number of carbonyl (C=O) groups excluding carboxylic acids is 1. The van der Waals surface area contributed by atoms with Crippen LogP contribution >= 0.6 is 0 Å². The van der Waals surface area contributed by atoms with Crippen molar-refractivity contribution in [2.75, 3.05) is 39.4 Å². The molecule has 0 aliphatic carbocycles. The molecule has 2 heterocycles. The molecule has 0 radical (unpaired) electrons. The first-order valence-electron chi connectivity index (χ1n) is 8.29. The maximum Gasteiger partial charge on any atom is 0.317 e. The largest absolute Gasteiger partial charge is 0.508 e. The average molecular weight is 319 g/mol. The Morgan fingerprint density at radius 2 is 2.13 bits per heavy atom. The van der Waals surface area contributed by atoms with Crippen LogP contribution < -0.4 is 5.32 Å². The van der Waals surface area contributed by atoms with Gasteiger partial charge in [0.05, 0.1) is 19.3 Å². The minimum absolute atomic E-state index is 0.0309. The molecule has 1 unspecified atom stereocenters. The number of hydrogen-bond donors (Lipinski definition) is 2.